The molecular formula is C9H9N3O3. The Morgan fingerprint density at radius 2 is 2.40 bits per heavy atom. The molecule has 0 spiro atoms. The molecule has 2 rings (SSSR count). The minimum Gasteiger partial charge on any atom is -0.461 e. The molecule has 2 heterocycles. The first-order valence-corrected chi connectivity index (χ1v) is 4.46. The lowest BCUT2D eigenvalue weighted by Crippen LogP contribution is -2.07. The van der Waals surface area contributed by atoms with Crippen LogP contribution in [-0.4, -0.2) is 27.5 Å². The second-order valence-electron chi connectivity index (χ2n) is 2.90. The van der Waals surface area contributed by atoms with Gasteiger partial charge < -0.3 is 14.7 Å². The number of hydrogen-bond acceptors (Lipinski definition) is 4. The van der Waals surface area contributed by atoms with Crippen LogP contribution in [0, 0.1) is 0 Å². The molecule has 0 fully saturated rings. The standard InChI is InChI=1S/C9H9N3O3/c1-2-15-9(14)6-3-5-7(12-6)8(13)11-4-10-5/h3-4,12H,2H2,1H3,(H,10,11,13). The van der Waals surface area contributed by atoms with Crippen LogP contribution in [-0.2, 0) is 4.74 Å². The van der Waals surface area contributed by atoms with Gasteiger partial charge in [0.15, 0.2) is 0 Å². The van der Waals surface area contributed by atoms with Crippen LogP contribution in [0.5, 0.6) is 0 Å². The highest BCUT2D eigenvalue weighted by atomic mass is 16.5. The second-order valence-corrected chi connectivity index (χ2v) is 2.90. The van der Waals surface area contributed by atoms with Gasteiger partial charge in [-0.3, -0.25) is 4.79 Å². The van der Waals surface area contributed by atoms with Crippen molar-refractivity contribution in [2.75, 3.05) is 6.61 Å². The van der Waals surface area contributed by atoms with Crippen molar-refractivity contribution in [2.45, 2.75) is 6.92 Å². The Morgan fingerprint density at radius 1 is 1.60 bits per heavy atom. The number of hydrogen-bond donors (Lipinski definition) is 2. The van der Waals surface area contributed by atoms with E-state index in [0.717, 1.165) is 0 Å². The van der Waals surface area contributed by atoms with E-state index in [0.29, 0.717) is 5.52 Å². The normalized spacial score (nSPS) is 10.5. The van der Waals surface area contributed by atoms with Gasteiger partial charge in [0.25, 0.3) is 5.56 Å². The lowest BCUT2D eigenvalue weighted by molar-refractivity contribution is 0.0520. The molecular weight excluding hydrogens is 198 g/mol. The van der Waals surface area contributed by atoms with Crippen LogP contribution in [0.2, 0.25) is 0 Å². The topological polar surface area (TPSA) is 87.8 Å². The minimum absolute atomic E-state index is 0.232. The number of nitrogens with zero attached hydrogens (tertiary/aromatic N) is 1. The van der Waals surface area contributed by atoms with Gasteiger partial charge in [-0.25, -0.2) is 9.78 Å². The number of carbonyl (C=O) groups excluding carboxylic acids is 1. The number of esters is 1. The molecule has 0 bridgehead atoms. The summed E-state index contributed by atoms with van der Waals surface area (Å²) in [6, 6.07) is 1.49. The molecule has 6 nitrogen and oxygen atoms in total. The van der Waals surface area contributed by atoms with Gasteiger partial charge in [0.05, 0.1) is 18.5 Å². The van der Waals surface area contributed by atoms with E-state index >= 15 is 0 Å². The van der Waals surface area contributed by atoms with Gasteiger partial charge in [0.2, 0.25) is 0 Å². The maximum atomic E-state index is 11.3. The highest BCUT2D eigenvalue weighted by molar-refractivity contribution is 5.93. The Morgan fingerprint density at radius 3 is 3.07 bits per heavy atom. The zero-order valence-corrected chi connectivity index (χ0v) is 8.03. The molecule has 0 aliphatic heterocycles. The third-order valence-corrected chi connectivity index (χ3v) is 1.92. The van der Waals surface area contributed by atoms with E-state index in [1.54, 1.807) is 6.92 Å². The lowest BCUT2D eigenvalue weighted by atomic mass is 10.4. The van der Waals surface area contributed by atoms with Crippen LogP contribution in [0.1, 0.15) is 17.4 Å². The fourth-order valence-electron chi connectivity index (χ4n) is 1.27. The molecule has 0 aromatic carbocycles. The molecule has 6 heteroatoms. The van der Waals surface area contributed by atoms with E-state index < -0.39 is 5.97 Å². The van der Waals surface area contributed by atoms with E-state index in [2.05, 4.69) is 15.0 Å². The number of aromatic amines is 2. The summed E-state index contributed by atoms with van der Waals surface area (Å²) in [5.41, 5.74) is 0.647. The van der Waals surface area contributed by atoms with Crippen LogP contribution in [0.25, 0.3) is 11.0 Å². The molecule has 0 atom stereocenters. The summed E-state index contributed by atoms with van der Waals surface area (Å²) in [6.07, 6.45) is 1.29. The maximum Gasteiger partial charge on any atom is 0.354 e. The molecule has 15 heavy (non-hydrogen) atoms. The number of carbonyl (C=O) groups is 1. The van der Waals surface area contributed by atoms with Crippen LogP contribution in [0.15, 0.2) is 17.2 Å². The van der Waals surface area contributed by atoms with Crippen molar-refractivity contribution in [3.8, 4) is 0 Å². The first-order chi connectivity index (χ1) is 7.22. The summed E-state index contributed by atoms with van der Waals surface area (Å²) in [6.45, 7) is 2.00. The molecule has 0 amide bonds. The Balaban J connectivity index is 2.52. The van der Waals surface area contributed by atoms with Crippen molar-refractivity contribution in [3.63, 3.8) is 0 Å². The van der Waals surface area contributed by atoms with Crippen molar-refractivity contribution < 1.29 is 9.53 Å². The highest BCUT2D eigenvalue weighted by Crippen LogP contribution is 2.08. The summed E-state index contributed by atoms with van der Waals surface area (Å²) in [7, 11) is 0. The zero-order valence-electron chi connectivity index (χ0n) is 8.03. The molecule has 0 saturated carbocycles. The summed E-state index contributed by atoms with van der Waals surface area (Å²) in [5.74, 6) is -0.491. The number of ether oxygens (including phenoxy) is 1. The fraction of sp³-hybridized carbons (Fsp3) is 0.222. The first-order valence-electron chi connectivity index (χ1n) is 4.46. The summed E-state index contributed by atoms with van der Waals surface area (Å²) >= 11 is 0. The first kappa shape index (κ1) is 9.45. The van der Waals surface area contributed by atoms with E-state index in [1.807, 2.05) is 0 Å². The van der Waals surface area contributed by atoms with Gasteiger partial charge >= 0.3 is 5.97 Å². The van der Waals surface area contributed by atoms with E-state index in [1.165, 1.54) is 12.4 Å². The number of H-pyrrole nitrogens is 2. The molecule has 2 aromatic heterocycles. The van der Waals surface area contributed by atoms with Crippen molar-refractivity contribution in [2.24, 2.45) is 0 Å². The number of nitrogens with one attached hydrogen (secondary N) is 2. The monoisotopic (exact) mass is 207 g/mol. The van der Waals surface area contributed by atoms with E-state index in [4.69, 9.17) is 4.74 Å². The van der Waals surface area contributed by atoms with Gasteiger partial charge in [0, 0.05) is 0 Å². The molecule has 0 unspecified atom stereocenters. The number of fused-ring (bicyclic) bond motifs is 1. The summed E-state index contributed by atoms with van der Waals surface area (Å²) < 4.78 is 4.79. The Hall–Kier alpha value is -2.11. The number of rotatable bonds is 2. The zero-order chi connectivity index (χ0) is 10.8. The van der Waals surface area contributed by atoms with Gasteiger partial charge in [-0.2, -0.15) is 0 Å². The molecule has 2 aromatic rings. The third kappa shape index (κ3) is 1.61. The van der Waals surface area contributed by atoms with Gasteiger partial charge in [-0.1, -0.05) is 0 Å². The van der Waals surface area contributed by atoms with E-state index in [9.17, 15) is 9.59 Å². The summed E-state index contributed by atoms with van der Waals surface area (Å²) in [5, 5.41) is 0. The largest absolute Gasteiger partial charge is 0.461 e. The van der Waals surface area contributed by atoms with Crippen LogP contribution in [0.3, 0.4) is 0 Å². The van der Waals surface area contributed by atoms with Crippen molar-refractivity contribution >= 4 is 17.0 Å². The van der Waals surface area contributed by atoms with Crippen molar-refractivity contribution in [1.29, 1.82) is 0 Å². The Bertz CT molecular complexity index is 555. The highest BCUT2D eigenvalue weighted by Gasteiger charge is 2.12. The van der Waals surface area contributed by atoms with Crippen molar-refractivity contribution in [1.82, 2.24) is 15.0 Å². The molecule has 0 aliphatic carbocycles. The average Bonchev–Trinajstić information content (AvgIpc) is 2.63. The predicted octanol–water partition coefficient (Wildman–Crippen LogP) is 0.428. The Labute approximate surface area is 84.3 Å². The van der Waals surface area contributed by atoms with Crippen LogP contribution in [0.4, 0.5) is 0 Å². The number of aromatic nitrogens is 3. The summed E-state index contributed by atoms with van der Waals surface area (Å²) in [4.78, 5) is 31.6. The molecule has 0 aliphatic rings. The van der Waals surface area contributed by atoms with Crippen LogP contribution < -0.4 is 5.56 Å². The fourth-order valence-corrected chi connectivity index (χ4v) is 1.27. The predicted molar refractivity (Wildman–Crippen MR) is 52.7 cm³/mol. The van der Waals surface area contributed by atoms with E-state index in [-0.39, 0.29) is 23.4 Å². The quantitative estimate of drug-likeness (QED) is 0.699. The molecule has 0 saturated heterocycles. The smallest absolute Gasteiger partial charge is 0.354 e. The second kappa shape index (κ2) is 3.56. The minimum atomic E-state index is -0.491. The average molecular weight is 207 g/mol. The maximum absolute atomic E-state index is 11.3. The molecule has 78 valence electrons. The Kier molecular flexibility index (Phi) is 2.24. The van der Waals surface area contributed by atoms with Gasteiger partial charge in [-0.15, -0.1) is 0 Å². The van der Waals surface area contributed by atoms with Gasteiger partial charge in [-0.05, 0) is 13.0 Å². The van der Waals surface area contributed by atoms with Crippen LogP contribution >= 0.6 is 0 Å². The van der Waals surface area contributed by atoms with Gasteiger partial charge in [0.1, 0.15) is 11.2 Å². The lowest BCUT2D eigenvalue weighted by Gasteiger charge is -1.96. The van der Waals surface area contributed by atoms with Crippen molar-refractivity contribution in [3.05, 3.63) is 28.4 Å². The third-order valence-electron chi connectivity index (χ3n) is 1.92. The molecule has 0 radical (unpaired) electrons. The molecule has 2 N–H and O–H groups in total. The SMILES string of the molecule is CCOC(=O)c1cc2nc[nH]c(=O)c2[nH]1.